The van der Waals surface area contributed by atoms with Gasteiger partial charge in [-0.25, -0.2) is 8.42 Å². The average molecular weight is 463 g/mol. The molecule has 4 aromatic rings. The van der Waals surface area contributed by atoms with Crippen LogP contribution in [0, 0.1) is 0 Å². The van der Waals surface area contributed by atoms with Crippen LogP contribution < -0.4 is 15.5 Å². The van der Waals surface area contributed by atoms with Crippen LogP contribution in [0.2, 0.25) is 0 Å². The molecule has 7 nitrogen and oxygen atoms in total. The van der Waals surface area contributed by atoms with Gasteiger partial charge in [0.1, 0.15) is 17.2 Å². The van der Waals surface area contributed by atoms with E-state index in [4.69, 9.17) is 4.74 Å². The highest BCUT2D eigenvalue weighted by molar-refractivity contribution is 7.91. The number of carbonyl (C=O) groups excluding carboxylic acids is 1. The van der Waals surface area contributed by atoms with E-state index >= 15 is 0 Å². The van der Waals surface area contributed by atoms with Crippen molar-refractivity contribution in [2.75, 3.05) is 11.9 Å². The van der Waals surface area contributed by atoms with E-state index in [1.54, 1.807) is 66.7 Å². The molecule has 0 saturated heterocycles. The lowest BCUT2D eigenvalue weighted by Crippen LogP contribution is -2.23. The van der Waals surface area contributed by atoms with E-state index in [1.807, 2.05) is 6.92 Å². The van der Waals surface area contributed by atoms with E-state index in [0.29, 0.717) is 23.6 Å². The Morgan fingerprint density at radius 3 is 2.30 bits per heavy atom. The van der Waals surface area contributed by atoms with Gasteiger partial charge in [-0.05, 0) is 55.5 Å². The number of nitrogens with one attached hydrogen (secondary N) is 1. The van der Waals surface area contributed by atoms with Crippen LogP contribution in [0.3, 0.4) is 0 Å². The molecule has 1 heterocycles. The summed E-state index contributed by atoms with van der Waals surface area (Å²) < 4.78 is 33.3. The molecule has 1 amide bonds. The van der Waals surface area contributed by atoms with Crippen molar-refractivity contribution in [1.82, 2.24) is 4.57 Å². The van der Waals surface area contributed by atoms with Gasteiger partial charge in [0.05, 0.1) is 17.0 Å². The second kappa shape index (κ2) is 9.30. The number of sulfone groups is 1. The van der Waals surface area contributed by atoms with Crippen molar-refractivity contribution in [1.29, 1.82) is 0 Å². The lowest BCUT2D eigenvalue weighted by Gasteiger charge is -2.14. The third-order valence-electron chi connectivity index (χ3n) is 5.06. The van der Waals surface area contributed by atoms with Gasteiger partial charge in [-0.1, -0.05) is 30.3 Å². The summed E-state index contributed by atoms with van der Waals surface area (Å²) in [5, 5.41) is 3.01. The van der Waals surface area contributed by atoms with Gasteiger partial charge in [0.2, 0.25) is 21.2 Å². The van der Waals surface area contributed by atoms with Gasteiger partial charge in [-0.15, -0.1) is 0 Å². The minimum atomic E-state index is -4.07. The summed E-state index contributed by atoms with van der Waals surface area (Å²) in [6.07, 6.45) is 1.24. The number of amides is 1. The first-order chi connectivity index (χ1) is 15.9. The fourth-order valence-corrected chi connectivity index (χ4v) is 4.91. The summed E-state index contributed by atoms with van der Waals surface area (Å²) in [5.74, 6) is 0.327. The van der Waals surface area contributed by atoms with Crippen LogP contribution in [0.25, 0.3) is 10.9 Å². The van der Waals surface area contributed by atoms with Gasteiger partial charge in [0, 0.05) is 17.3 Å². The van der Waals surface area contributed by atoms with Crippen LogP contribution >= 0.6 is 0 Å². The molecule has 0 fully saturated rings. The van der Waals surface area contributed by atoms with Gasteiger partial charge < -0.3 is 14.6 Å². The van der Waals surface area contributed by atoms with Crippen molar-refractivity contribution in [3.05, 3.63) is 95.3 Å². The van der Waals surface area contributed by atoms with Gasteiger partial charge in [0.25, 0.3) is 0 Å². The van der Waals surface area contributed by atoms with Crippen LogP contribution in [0.15, 0.2) is 99.6 Å². The Morgan fingerprint density at radius 2 is 1.61 bits per heavy atom. The standard InChI is InChI=1S/C25H22N2O5S/c1-2-32-19-14-12-18(13-15-19)26-24(28)17-27-16-23(25(29)21-10-6-7-11-22(21)27)33(30,31)20-8-4-3-5-9-20/h3-16H,2,17H2,1H3,(H,26,28). The molecule has 0 radical (unpaired) electrons. The maximum absolute atomic E-state index is 13.2. The highest BCUT2D eigenvalue weighted by Crippen LogP contribution is 2.21. The number of carbonyl (C=O) groups is 1. The van der Waals surface area contributed by atoms with Gasteiger partial charge in [-0.2, -0.15) is 0 Å². The third kappa shape index (κ3) is 4.65. The average Bonchev–Trinajstić information content (AvgIpc) is 2.83. The summed E-state index contributed by atoms with van der Waals surface area (Å²) in [6, 6.07) is 21.3. The molecule has 0 bridgehead atoms. The Labute approximate surface area is 191 Å². The monoisotopic (exact) mass is 462 g/mol. The van der Waals surface area contributed by atoms with Crippen LogP contribution in [0.4, 0.5) is 5.69 Å². The number of hydrogen-bond donors (Lipinski definition) is 1. The predicted molar refractivity (Wildman–Crippen MR) is 126 cm³/mol. The fraction of sp³-hybridized carbons (Fsp3) is 0.120. The third-order valence-corrected chi connectivity index (χ3v) is 6.82. The quantitative estimate of drug-likeness (QED) is 0.450. The summed E-state index contributed by atoms with van der Waals surface area (Å²) in [4.78, 5) is 25.5. The zero-order valence-electron chi connectivity index (χ0n) is 17.9. The van der Waals surface area contributed by atoms with Crippen LogP contribution in [-0.2, 0) is 21.2 Å². The first-order valence-electron chi connectivity index (χ1n) is 10.3. The molecule has 8 heteroatoms. The lowest BCUT2D eigenvalue weighted by molar-refractivity contribution is -0.116. The fourth-order valence-electron chi connectivity index (χ4n) is 3.52. The SMILES string of the molecule is CCOc1ccc(NC(=O)Cn2cc(S(=O)(=O)c3ccccc3)c(=O)c3ccccc32)cc1. The lowest BCUT2D eigenvalue weighted by atomic mass is 10.2. The summed E-state index contributed by atoms with van der Waals surface area (Å²) in [6.45, 7) is 2.25. The molecule has 0 spiro atoms. The number of nitrogens with zero attached hydrogens (tertiary/aromatic N) is 1. The van der Waals surface area contributed by atoms with E-state index in [0.717, 1.165) is 0 Å². The molecule has 0 aliphatic heterocycles. The number of ether oxygens (including phenoxy) is 1. The molecule has 0 aliphatic carbocycles. The number of rotatable bonds is 7. The molecule has 1 aromatic heterocycles. The molecule has 0 atom stereocenters. The van der Waals surface area contributed by atoms with Gasteiger partial charge >= 0.3 is 0 Å². The van der Waals surface area contributed by atoms with E-state index in [9.17, 15) is 18.0 Å². The molecule has 4 rings (SSSR count). The van der Waals surface area contributed by atoms with Crippen LogP contribution in [-0.4, -0.2) is 25.5 Å². The summed E-state index contributed by atoms with van der Waals surface area (Å²) in [7, 11) is -4.07. The molecule has 3 aromatic carbocycles. The summed E-state index contributed by atoms with van der Waals surface area (Å²) >= 11 is 0. The maximum atomic E-state index is 13.2. The number of hydrogen-bond acceptors (Lipinski definition) is 5. The zero-order valence-corrected chi connectivity index (χ0v) is 18.7. The molecular weight excluding hydrogens is 440 g/mol. The molecule has 1 N–H and O–H groups in total. The number of para-hydroxylation sites is 1. The smallest absolute Gasteiger partial charge is 0.244 e. The van der Waals surface area contributed by atoms with Crippen molar-refractivity contribution >= 4 is 32.3 Å². The van der Waals surface area contributed by atoms with Crippen molar-refractivity contribution in [2.24, 2.45) is 0 Å². The molecular formula is C25H22N2O5S. The molecule has 168 valence electrons. The normalized spacial score (nSPS) is 11.3. The number of aromatic nitrogens is 1. The number of fused-ring (bicyclic) bond motifs is 1. The Kier molecular flexibility index (Phi) is 6.28. The number of pyridine rings is 1. The van der Waals surface area contributed by atoms with Crippen molar-refractivity contribution < 1.29 is 17.9 Å². The van der Waals surface area contributed by atoms with E-state index < -0.39 is 15.3 Å². The molecule has 0 saturated carbocycles. The Bertz CT molecular complexity index is 1460. The Morgan fingerprint density at radius 1 is 0.939 bits per heavy atom. The molecule has 33 heavy (non-hydrogen) atoms. The van der Waals surface area contributed by atoms with E-state index in [-0.39, 0.29) is 27.6 Å². The summed E-state index contributed by atoms with van der Waals surface area (Å²) in [5.41, 5.74) is 0.444. The van der Waals surface area contributed by atoms with Crippen LogP contribution in [0.5, 0.6) is 5.75 Å². The van der Waals surface area contributed by atoms with Crippen molar-refractivity contribution in [2.45, 2.75) is 23.3 Å². The largest absolute Gasteiger partial charge is 0.494 e. The Hall–Kier alpha value is -3.91. The maximum Gasteiger partial charge on any atom is 0.244 e. The minimum Gasteiger partial charge on any atom is -0.494 e. The first kappa shape index (κ1) is 22.3. The van der Waals surface area contributed by atoms with E-state index in [2.05, 4.69) is 5.32 Å². The molecule has 0 aliphatic rings. The van der Waals surface area contributed by atoms with Crippen LogP contribution in [0.1, 0.15) is 6.92 Å². The minimum absolute atomic E-state index is 0.0165. The second-order valence-electron chi connectivity index (χ2n) is 7.29. The topological polar surface area (TPSA) is 94.5 Å². The predicted octanol–water partition coefficient (Wildman–Crippen LogP) is 3.87. The highest BCUT2D eigenvalue weighted by atomic mass is 32.2. The highest BCUT2D eigenvalue weighted by Gasteiger charge is 2.24. The van der Waals surface area contributed by atoms with Crippen molar-refractivity contribution in [3.63, 3.8) is 0 Å². The van der Waals surface area contributed by atoms with Gasteiger partial charge in [0.15, 0.2) is 0 Å². The first-order valence-corrected chi connectivity index (χ1v) is 11.8. The zero-order chi connectivity index (χ0) is 23.4. The van der Waals surface area contributed by atoms with E-state index in [1.165, 1.54) is 22.9 Å². The number of benzene rings is 3. The number of anilines is 1. The second-order valence-corrected chi connectivity index (χ2v) is 9.21. The Balaban J connectivity index is 1.71. The molecule has 0 unspecified atom stereocenters. The van der Waals surface area contributed by atoms with Crippen molar-refractivity contribution in [3.8, 4) is 5.75 Å². The van der Waals surface area contributed by atoms with Gasteiger partial charge in [-0.3, -0.25) is 9.59 Å².